The Morgan fingerprint density at radius 3 is 2.33 bits per heavy atom. The van der Waals surface area contributed by atoms with E-state index in [2.05, 4.69) is 0 Å². The molecule has 0 atom stereocenters. The summed E-state index contributed by atoms with van der Waals surface area (Å²) >= 11 is 0. The molecule has 0 saturated heterocycles. The number of carbonyl (C=O) groups excluding carboxylic acids is 1. The fraction of sp³-hybridized carbons (Fsp3) is 0.100. The third-order valence-corrected chi connectivity index (χ3v) is 4.49. The number of aromatic nitrogens is 1. The number of nitrogens with zero attached hydrogens (tertiary/aromatic N) is 1. The van der Waals surface area contributed by atoms with E-state index in [0.29, 0.717) is 22.4 Å². The molecule has 0 radical (unpaired) electrons. The van der Waals surface area contributed by atoms with Gasteiger partial charge in [0.1, 0.15) is 17.4 Å². The molecule has 2 aromatic carbocycles. The highest BCUT2D eigenvalue weighted by Gasteiger charge is 2.21. The van der Waals surface area contributed by atoms with Gasteiger partial charge in [-0.05, 0) is 49.2 Å². The van der Waals surface area contributed by atoms with Crippen LogP contribution in [0.1, 0.15) is 21.5 Å². The van der Waals surface area contributed by atoms with Gasteiger partial charge in [0.2, 0.25) is 0 Å². The number of halogens is 1. The van der Waals surface area contributed by atoms with Crippen LogP contribution in [0.15, 0.2) is 47.3 Å². The molecule has 1 heterocycles. The van der Waals surface area contributed by atoms with Gasteiger partial charge in [-0.2, -0.15) is 0 Å². The molecule has 0 bridgehead atoms. The maximum atomic E-state index is 13.3. The number of aromatic hydroxyl groups is 1. The molecule has 0 saturated carbocycles. The van der Waals surface area contributed by atoms with Crippen LogP contribution in [-0.4, -0.2) is 15.6 Å². The van der Waals surface area contributed by atoms with Crippen LogP contribution in [0.3, 0.4) is 0 Å². The van der Waals surface area contributed by atoms with E-state index in [4.69, 9.17) is 11.5 Å². The van der Waals surface area contributed by atoms with Crippen LogP contribution in [-0.2, 0) is 0 Å². The Morgan fingerprint density at radius 1 is 1.11 bits per heavy atom. The van der Waals surface area contributed by atoms with Crippen molar-refractivity contribution in [1.82, 2.24) is 4.57 Å². The molecule has 138 valence electrons. The molecule has 0 aliphatic carbocycles. The molecule has 7 heteroatoms. The van der Waals surface area contributed by atoms with Crippen LogP contribution >= 0.6 is 0 Å². The molecule has 0 aliphatic rings. The predicted molar refractivity (Wildman–Crippen MR) is 102 cm³/mol. The summed E-state index contributed by atoms with van der Waals surface area (Å²) in [4.78, 5) is 25.1. The van der Waals surface area contributed by atoms with E-state index in [1.807, 2.05) is 0 Å². The Hall–Kier alpha value is -3.61. The predicted octanol–water partition coefficient (Wildman–Crippen LogP) is 2.65. The number of nitrogens with two attached hydrogens (primary N) is 2. The van der Waals surface area contributed by atoms with Crippen molar-refractivity contribution in [2.45, 2.75) is 13.8 Å². The summed E-state index contributed by atoms with van der Waals surface area (Å²) in [7, 11) is 0. The van der Waals surface area contributed by atoms with Crippen LogP contribution in [0.25, 0.3) is 16.8 Å². The first-order chi connectivity index (χ1) is 12.7. The van der Waals surface area contributed by atoms with Gasteiger partial charge in [0, 0.05) is 11.1 Å². The summed E-state index contributed by atoms with van der Waals surface area (Å²) < 4.78 is 14.4. The van der Waals surface area contributed by atoms with Crippen LogP contribution < -0.4 is 17.0 Å². The van der Waals surface area contributed by atoms with Crippen LogP contribution in [0.4, 0.5) is 10.2 Å². The fourth-order valence-electron chi connectivity index (χ4n) is 3.05. The van der Waals surface area contributed by atoms with Crippen LogP contribution in [0.5, 0.6) is 5.75 Å². The number of anilines is 1. The van der Waals surface area contributed by atoms with E-state index in [-0.39, 0.29) is 22.7 Å². The zero-order valence-electron chi connectivity index (χ0n) is 14.8. The standard InChI is InChI=1S/C20H18FN3O3/c1-10-3-8-16(25)11(2)17(10)24-18(22)15(19(23)26)9-14(20(24)27)12-4-6-13(21)7-5-12/h3-9,25H,22H2,1-2H3,(H2,23,26). The van der Waals surface area contributed by atoms with Crippen molar-refractivity contribution in [3.63, 3.8) is 0 Å². The highest BCUT2D eigenvalue weighted by molar-refractivity contribution is 5.98. The minimum absolute atomic E-state index is 0.0188. The van der Waals surface area contributed by atoms with Crippen molar-refractivity contribution in [3.8, 4) is 22.6 Å². The van der Waals surface area contributed by atoms with Crippen LogP contribution in [0.2, 0.25) is 0 Å². The fourth-order valence-corrected chi connectivity index (χ4v) is 3.05. The number of amides is 1. The van der Waals surface area contributed by atoms with Crippen molar-refractivity contribution in [3.05, 3.63) is 75.3 Å². The highest BCUT2D eigenvalue weighted by Crippen LogP contribution is 2.30. The Kier molecular flexibility index (Phi) is 4.45. The van der Waals surface area contributed by atoms with Gasteiger partial charge in [0.25, 0.3) is 11.5 Å². The molecular formula is C20H18FN3O3. The number of hydrogen-bond donors (Lipinski definition) is 3. The Balaban J connectivity index is 2.45. The summed E-state index contributed by atoms with van der Waals surface area (Å²) in [5, 5.41) is 10.1. The van der Waals surface area contributed by atoms with Crippen molar-refractivity contribution < 1.29 is 14.3 Å². The monoisotopic (exact) mass is 367 g/mol. The van der Waals surface area contributed by atoms with E-state index >= 15 is 0 Å². The minimum atomic E-state index is -0.805. The number of nitrogen functional groups attached to an aromatic ring is 1. The van der Waals surface area contributed by atoms with E-state index < -0.39 is 17.3 Å². The first-order valence-electron chi connectivity index (χ1n) is 8.13. The van der Waals surface area contributed by atoms with Gasteiger partial charge in [-0.3, -0.25) is 14.2 Å². The van der Waals surface area contributed by atoms with Crippen LogP contribution in [0, 0.1) is 19.7 Å². The second-order valence-electron chi connectivity index (χ2n) is 6.24. The number of aryl methyl sites for hydroxylation is 1. The van der Waals surface area contributed by atoms with Crippen molar-refractivity contribution >= 4 is 11.7 Å². The lowest BCUT2D eigenvalue weighted by molar-refractivity contribution is 0.100. The molecule has 27 heavy (non-hydrogen) atoms. The summed E-state index contributed by atoms with van der Waals surface area (Å²) in [6.07, 6.45) is 0. The van der Waals surface area contributed by atoms with Gasteiger partial charge in [-0.1, -0.05) is 18.2 Å². The van der Waals surface area contributed by atoms with E-state index in [1.54, 1.807) is 19.9 Å². The minimum Gasteiger partial charge on any atom is -0.508 e. The number of phenols is 1. The lowest BCUT2D eigenvalue weighted by atomic mass is 10.0. The average Bonchev–Trinajstić information content (AvgIpc) is 2.62. The molecular weight excluding hydrogens is 349 g/mol. The molecule has 5 N–H and O–H groups in total. The molecule has 3 rings (SSSR count). The highest BCUT2D eigenvalue weighted by atomic mass is 19.1. The normalized spacial score (nSPS) is 10.8. The van der Waals surface area contributed by atoms with Gasteiger partial charge in [0.15, 0.2) is 0 Å². The first kappa shape index (κ1) is 18.2. The van der Waals surface area contributed by atoms with E-state index in [9.17, 15) is 19.1 Å². The first-order valence-corrected chi connectivity index (χ1v) is 8.13. The third kappa shape index (κ3) is 3.03. The van der Waals surface area contributed by atoms with Crippen molar-refractivity contribution in [1.29, 1.82) is 0 Å². The Morgan fingerprint density at radius 2 is 1.74 bits per heavy atom. The van der Waals surface area contributed by atoms with E-state index in [0.717, 1.165) is 4.57 Å². The topological polar surface area (TPSA) is 111 Å². The maximum absolute atomic E-state index is 13.3. The second-order valence-corrected chi connectivity index (χ2v) is 6.24. The van der Waals surface area contributed by atoms with E-state index in [1.165, 1.54) is 36.4 Å². The third-order valence-electron chi connectivity index (χ3n) is 4.49. The SMILES string of the molecule is Cc1ccc(O)c(C)c1-n1c(N)c(C(N)=O)cc(-c2ccc(F)cc2)c1=O. The van der Waals surface area contributed by atoms with Gasteiger partial charge < -0.3 is 16.6 Å². The summed E-state index contributed by atoms with van der Waals surface area (Å²) in [6.45, 7) is 3.39. The summed E-state index contributed by atoms with van der Waals surface area (Å²) in [5.74, 6) is -1.41. The smallest absolute Gasteiger partial charge is 0.264 e. The number of hydrogen-bond acceptors (Lipinski definition) is 4. The number of phenolic OH excluding ortho intramolecular Hbond substituents is 1. The van der Waals surface area contributed by atoms with Gasteiger partial charge in [-0.25, -0.2) is 4.39 Å². The molecule has 6 nitrogen and oxygen atoms in total. The largest absolute Gasteiger partial charge is 0.508 e. The molecule has 0 spiro atoms. The lowest BCUT2D eigenvalue weighted by Gasteiger charge is -2.19. The summed E-state index contributed by atoms with van der Waals surface area (Å²) in [6, 6.07) is 9.73. The molecule has 0 aliphatic heterocycles. The molecule has 3 aromatic rings. The number of primary amides is 1. The maximum Gasteiger partial charge on any atom is 0.264 e. The quantitative estimate of drug-likeness (QED) is 0.661. The van der Waals surface area contributed by atoms with Gasteiger partial charge in [-0.15, -0.1) is 0 Å². The number of rotatable bonds is 3. The molecule has 1 aromatic heterocycles. The van der Waals surface area contributed by atoms with Gasteiger partial charge in [0.05, 0.1) is 11.3 Å². The second kappa shape index (κ2) is 6.60. The molecule has 0 fully saturated rings. The number of pyridine rings is 1. The van der Waals surface area contributed by atoms with Crippen molar-refractivity contribution in [2.24, 2.45) is 5.73 Å². The zero-order chi connectivity index (χ0) is 19.9. The lowest BCUT2D eigenvalue weighted by Crippen LogP contribution is -2.28. The summed E-state index contributed by atoms with van der Waals surface area (Å²) in [5.41, 5.74) is 13.0. The average molecular weight is 367 g/mol. The Bertz CT molecular complexity index is 1120. The van der Waals surface area contributed by atoms with Gasteiger partial charge >= 0.3 is 0 Å². The Labute approximate surface area is 154 Å². The zero-order valence-corrected chi connectivity index (χ0v) is 14.8. The molecule has 0 unspecified atom stereocenters. The number of benzene rings is 2. The van der Waals surface area contributed by atoms with Crippen molar-refractivity contribution in [2.75, 3.05) is 5.73 Å². The molecule has 1 amide bonds. The number of carbonyl (C=O) groups is 1.